The SMILES string of the molecule is O=C(C=Cc1ccccc1)ON=C1C=CC(=NOC(=O)c2cccc(Cl)c2)C=C1. The molecule has 0 spiro atoms. The fourth-order valence-corrected chi connectivity index (χ4v) is 2.38. The van der Waals surface area contributed by atoms with Crippen LogP contribution in [0.4, 0.5) is 0 Å². The Morgan fingerprint density at radius 3 is 2.14 bits per heavy atom. The number of rotatable bonds is 5. The van der Waals surface area contributed by atoms with Gasteiger partial charge in [-0.05, 0) is 54.1 Å². The summed E-state index contributed by atoms with van der Waals surface area (Å²) in [6, 6.07) is 15.7. The van der Waals surface area contributed by atoms with Gasteiger partial charge in [0.2, 0.25) is 0 Å². The van der Waals surface area contributed by atoms with Crippen molar-refractivity contribution >= 4 is 41.0 Å². The molecule has 0 saturated carbocycles. The molecule has 0 unspecified atom stereocenters. The van der Waals surface area contributed by atoms with E-state index in [1.807, 2.05) is 30.3 Å². The maximum Gasteiger partial charge on any atom is 0.365 e. The normalized spacial score (nSPS) is 12.7. The molecule has 144 valence electrons. The van der Waals surface area contributed by atoms with Crippen LogP contribution in [0.15, 0.2) is 95.3 Å². The van der Waals surface area contributed by atoms with Gasteiger partial charge < -0.3 is 9.68 Å². The highest BCUT2D eigenvalue weighted by atomic mass is 35.5. The van der Waals surface area contributed by atoms with E-state index in [-0.39, 0.29) is 0 Å². The van der Waals surface area contributed by atoms with E-state index in [1.165, 1.54) is 12.1 Å². The fraction of sp³-hybridized carbons (Fsp3) is 0. The van der Waals surface area contributed by atoms with Gasteiger partial charge in [-0.3, -0.25) is 0 Å². The molecule has 0 atom stereocenters. The lowest BCUT2D eigenvalue weighted by atomic mass is 10.1. The predicted octanol–water partition coefficient (Wildman–Crippen LogP) is 4.59. The number of hydrogen-bond acceptors (Lipinski definition) is 6. The Morgan fingerprint density at radius 1 is 0.828 bits per heavy atom. The number of halogens is 1. The maximum atomic E-state index is 11.9. The Balaban J connectivity index is 1.51. The fourth-order valence-electron chi connectivity index (χ4n) is 2.19. The molecule has 0 aliphatic heterocycles. The average Bonchev–Trinajstić information content (AvgIpc) is 2.76. The number of oxime groups is 2. The van der Waals surface area contributed by atoms with E-state index < -0.39 is 11.9 Å². The van der Waals surface area contributed by atoms with Gasteiger partial charge in [-0.2, -0.15) is 0 Å². The molecular weight excluding hydrogens is 392 g/mol. The second kappa shape index (κ2) is 9.96. The third-order valence-corrected chi connectivity index (χ3v) is 3.83. The lowest BCUT2D eigenvalue weighted by Crippen LogP contribution is -2.06. The summed E-state index contributed by atoms with van der Waals surface area (Å²) in [5, 5.41) is 7.93. The summed E-state index contributed by atoms with van der Waals surface area (Å²) < 4.78 is 0. The summed E-state index contributed by atoms with van der Waals surface area (Å²) in [6.07, 6.45) is 9.20. The molecule has 0 radical (unpaired) electrons. The smallest absolute Gasteiger partial charge is 0.313 e. The molecule has 0 fully saturated rings. The van der Waals surface area contributed by atoms with Crippen molar-refractivity contribution < 1.29 is 19.3 Å². The van der Waals surface area contributed by atoms with E-state index in [0.717, 1.165) is 5.56 Å². The summed E-state index contributed by atoms with van der Waals surface area (Å²) in [7, 11) is 0. The van der Waals surface area contributed by atoms with Crippen LogP contribution < -0.4 is 0 Å². The van der Waals surface area contributed by atoms with Crippen LogP contribution >= 0.6 is 11.6 Å². The monoisotopic (exact) mass is 406 g/mol. The van der Waals surface area contributed by atoms with Crippen LogP contribution in [0, 0.1) is 0 Å². The molecule has 1 aliphatic rings. The van der Waals surface area contributed by atoms with Crippen LogP contribution in [0.3, 0.4) is 0 Å². The van der Waals surface area contributed by atoms with Gasteiger partial charge in [0.25, 0.3) is 0 Å². The Labute approximate surface area is 172 Å². The standard InChI is InChI=1S/C22H15ClN2O4/c23-18-8-4-7-17(15-18)22(27)29-25-20-12-10-19(11-13-20)24-28-21(26)14-9-16-5-2-1-3-6-16/h1-15H. The van der Waals surface area contributed by atoms with Crippen molar-refractivity contribution in [3.8, 4) is 0 Å². The Hall–Kier alpha value is -3.77. The highest BCUT2D eigenvalue weighted by Crippen LogP contribution is 2.12. The van der Waals surface area contributed by atoms with Gasteiger partial charge in [-0.15, -0.1) is 0 Å². The van der Waals surface area contributed by atoms with Crippen molar-refractivity contribution in [1.82, 2.24) is 0 Å². The quantitative estimate of drug-likeness (QED) is 0.315. The highest BCUT2D eigenvalue weighted by molar-refractivity contribution is 6.30. The van der Waals surface area contributed by atoms with Gasteiger partial charge in [-0.1, -0.05) is 58.3 Å². The molecule has 0 amide bonds. The molecule has 0 heterocycles. The van der Waals surface area contributed by atoms with Crippen LogP contribution in [0.5, 0.6) is 0 Å². The van der Waals surface area contributed by atoms with Crippen LogP contribution in [0.1, 0.15) is 15.9 Å². The molecule has 2 aromatic carbocycles. The largest absolute Gasteiger partial charge is 0.365 e. The molecule has 0 aromatic heterocycles. The van der Waals surface area contributed by atoms with E-state index >= 15 is 0 Å². The third-order valence-electron chi connectivity index (χ3n) is 3.60. The van der Waals surface area contributed by atoms with Gasteiger partial charge >= 0.3 is 11.9 Å². The van der Waals surface area contributed by atoms with Crippen LogP contribution in [-0.4, -0.2) is 23.4 Å². The maximum absolute atomic E-state index is 11.9. The predicted molar refractivity (Wildman–Crippen MR) is 112 cm³/mol. The Bertz CT molecular complexity index is 1040. The van der Waals surface area contributed by atoms with Crippen LogP contribution in [0.2, 0.25) is 5.02 Å². The first-order valence-corrected chi connectivity index (χ1v) is 8.91. The number of nitrogens with zero attached hydrogens (tertiary/aromatic N) is 2. The Kier molecular flexibility index (Phi) is 6.86. The summed E-state index contributed by atoms with van der Waals surface area (Å²) in [4.78, 5) is 33.3. The first-order chi connectivity index (χ1) is 14.1. The zero-order valence-electron chi connectivity index (χ0n) is 15.1. The summed E-state index contributed by atoms with van der Waals surface area (Å²) in [5.41, 5.74) is 1.98. The van der Waals surface area contributed by atoms with Gasteiger partial charge in [-0.25, -0.2) is 9.59 Å². The third kappa shape index (κ3) is 6.41. The van der Waals surface area contributed by atoms with Crippen molar-refractivity contribution in [3.63, 3.8) is 0 Å². The number of benzene rings is 2. The molecule has 6 nitrogen and oxygen atoms in total. The molecule has 29 heavy (non-hydrogen) atoms. The van der Waals surface area contributed by atoms with E-state index in [2.05, 4.69) is 10.3 Å². The molecular formula is C22H15ClN2O4. The van der Waals surface area contributed by atoms with Crippen molar-refractivity contribution in [2.75, 3.05) is 0 Å². The number of carbonyl (C=O) groups is 2. The van der Waals surface area contributed by atoms with Gasteiger partial charge in [0.05, 0.1) is 5.56 Å². The lowest BCUT2D eigenvalue weighted by Gasteiger charge is -2.02. The molecule has 2 aromatic rings. The van der Waals surface area contributed by atoms with Crippen molar-refractivity contribution in [2.45, 2.75) is 0 Å². The molecule has 0 saturated heterocycles. The minimum Gasteiger partial charge on any atom is -0.313 e. The summed E-state index contributed by atoms with van der Waals surface area (Å²) >= 11 is 5.84. The molecule has 1 aliphatic carbocycles. The first-order valence-electron chi connectivity index (χ1n) is 8.53. The summed E-state index contributed by atoms with van der Waals surface area (Å²) in [5.74, 6) is -1.22. The van der Waals surface area contributed by atoms with E-state index in [1.54, 1.807) is 48.6 Å². The molecule has 7 heteroatoms. The van der Waals surface area contributed by atoms with Crippen molar-refractivity contribution in [3.05, 3.63) is 101 Å². The van der Waals surface area contributed by atoms with Gasteiger partial charge in [0, 0.05) is 11.1 Å². The van der Waals surface area contributed by atoms with E-state index in [0.29, 0.717) is 22.0 Å². The zero-order chi connectivity index (χ0) is 20.5. The molecule has 0 N–H and O–H groups in total. The van der Waals surface area contributed by atoms with Gasteiger partial charge in [0.1, 0.15) is 11.4 Å². The van der Waals surface area contributed by atoms with Gasteiger partial charge in [0.15, 0.2) is 0 Å². The topological polar surface area (TPSA) is 77.3 Å². The first kappa shape index (κ1) is 20.0. The van der Waals surface area contributed by atoms with Crippen molar-refractivity contribution in [2.24, 2.45) is 10.3 Å². The second-order valence-electron chi connectivity index (χ2n) is 5.74. The lowest BCUT2D eigenvalue weighted by molar-refractivity contribution is -0.137. The molecule has 0 bridgehead atoms. The number of carbonyl (C=O) groups excluding carboxylic acids is 2. The molecule has 3 rings (SSSR count). The van der Waals surface area contributed by atoms with E-state index in [4.69, 9.17) is 21.3 Å². The second-order valence-corrected chi connectivity index (χ2v) is 6.18. The minimum absolute atomic E-state index is 0.295. The average molecular weight is 407 g/mol. The number of allylic oxidation sites excluding steroid dienone is 4. The van der Waals surface area contributed by atoms with Crippen LogP contribution in [0.25, 0.3) is 6.08 Å². The van der Waals surface area contributed by atoms with E-state index in [9.17, 15) is 9.59 Å². The van der Waals surface area contributed by atoms with Crippen LogP contribution in [-0.2, 0) is 14.5 Å². The Morgan fingerprint density at radius 2 is 1.48 bits per heavy atom. The zero-order valence-corrected chi connectivity index (χ0v) is 15.8. The number of hydrogen-bond donors (Lipinski definition) is 0. The van der Waals surface area contributed by atoms with Crippen molar-refractivity contribution in [1.29, 1.82) is 0 Å². The highest BCUT2D eigenvalue weighted by Gasteiger charge is 2.08. The minimum atomic E-state index is -0.625. The summed E-state index contributed by atoms with van der Waals surface area (Å²) in [6.45, 7) is 0.